The van der Waals surface area contributed by atoms with Crippen LogP contribution in [0.4, 0.5) is 0 Å². The van der Waals surface area contributed by atoms with Crippen LogP contribution in [0.2, 0.25) is 0 Å². The molecule has 0 aromatic heterocycles. The quantitative estimate of drug-likeness (QED) is 0.599. The summed E-state index contributed by atoms with van der Waals surface area (Å²) >= 11 is 0. The molecule has 2 aliphatic heterocycles. The predicted molar refractivity (Wildman–Crippen MR) is 46.7 cm³/mol. The van der Waals surface area contributed by atoms with Crippen LogP contribution >= 0.6 is 0 Å². The van der Waals surface area contributed by atoms with E-state index in [0.29, 0.717) is 5.92 Å². The van der Waals surface area contributed by atoms with E-state index in [-0.39, 0.29) is 6.29 Å². The van der Waals surface area contributed by atoms with Crippen molar-refractivity contribution < 1.29 is 9.47 Å². The van der Waals surface area contributed by atoms with Gasteiger partial charge in [0.15, 0.2) is 6.29 Å². The third-order valence-corrected chi connectivity index (χ3v) is 3.17. The zero-order chi connectivity index (χ0) is 8.55. The molecule has 2 nitrogen and oxygen atoms in total. The highest BCUT2D eigenvalue weighted by Gasteiger charge is 2.40. The van der Waals surface area contributed by atoms with E-state index in [2.05, 4.69) is 13.8 Å². The summed E-state index contributed by atoms with van der Waals surface area (Å²) in [5.74, 6) is 2.15. The summed E-state index contributed by atoms with van der Waals surface area (Å²) < 4.78 is 11.2. The van der Waals surface area contributed by atoms with E-state index >= 15 is 0 Å². The zero-order valence-corrected chi connectivity index (χ0v) is 7.95. The van der Waals surface area contributed by atoms with Gasteiger partial charge in [0.2, 0.25) is 0 Å². The van der Waals surface area contributed by atoms with Crippen LogP contribution in [0.3, 0.4) is 0 Å². The lowest BCUT2D eigenvalue weighted by atomic mass is 9.82. The molecule has 0 aromatic rings. The first kappa shape index (κ1) is 8.52. The van der Waals surface area contributed by atoms with E-state index in [0.717, 1.165) is 25.0 Å². The molecular weight excluding hydrogens is 152 g/mol. The lowest BCUT2D eigenvalue weighted by molar-refractivity contribution is -0.151. The molecule has 0 aromatic carbocycles. The maximum Gasteiger partial charge on any atom is 0.160 e. The minimum atomic E-state index is 0.131. The monoisotopic (exact) mass is 170 g/mol. The van der Waals surface area contributed by atoms with Gasteiger partial charge in [-0.05, 0) is 24.7 Å². The molecule has 2 aliphatic rings. The standard InChI is InChI=1S/C10H18O2/c1-7(2)9-6-12-10-8(9)4-3-5-11-10/h7-10H,3-6H2,1-2H3/t8-,9-,10+/m0/s1. The fourth-order valence-electron chi connectivity index (χ4n) is 2.38. The van der Waals surface area contributed by atoms with Gasteiger partial charge < -0.3 is 9.47 Å². The third-order valence-electron chi connectivity index (χ3n) is 3.17. The lowest BCUT2D eigenvalue weighted by Crippen LogP contribution is -2.30. The molecule has 0 aliphatic carbocycles. The second-order valence-electron chi connectivity index (χ2n) is 4.29. The number of hydrogen-bond donors (Lipinski definition) is 0. The number of rotatable bonds is 1. The molecule has 3 atom stereocenters. The molecular formula is C10H18O2. The smallest absolute Gasteiger partial charge is 0.160 e. The molecule has 0 radical (unpaired) electrons. The van der Waals surface area contributed by atoms with E-state index < -0.39 is 0 Å². The van der Waals surface area contributed by atoms with Crippen LogP contribution in [0.25, 0.3) is 0 Å². The first-order valence-electron chi connectivity index (χ1n) is 5.02. The van der Waals surface area contributed by atoms with Gasteiger partial charge in [-0.1, -0.05) is 13.8 Å². The maximum absolute atomic E-state index is 5.61. The van der Waals surface area contributed by atoms with Crippen LogP contribution in [-0.4, -0.2) is 19.5 Å². The second-order valence-corrected chi connectivity index (χ2v) is 4.29. The van der Waals surface area contributed by atoms with Crippen LogP contribution in [0.15, 0.2) is 0 Å². The van der Waals surface area contributed by atoms with Crippen molar-refractivity contribution in [3.05, 3.63) is 0 Å². The maximum atomic E-state index is 5.61. The van der Waals surface area contributed by atoms with E-state index in [1.54, 1.807) is 0 Å². The van der Waals surface area contributed by atoms with E-state index in [1.165, 1.54) is 12.8 Å². The van der Waals surface area contributed by atoms with Crippen molar-refractivity contribution in [2.75, 3.05) is 13.2 Å². The van der Waals surface area contributed by atoms with Crippen molar-refractivity contribution in [1.29, 1.82) is 0 Å². The van der Waals surface area contributed by atoms with Crippen LogP contribution in [0.1, 0.15) is 26.7 Å². The molecule has 0 amide bonds. The Balaban J connectivity index is 2.01. The summed E-state index contributed by atoms with van der Waals surface area (Å²) in [7, 11) is 0. The first-order chi connectivity index (χ1) is 5.79. The van der Waals surface area contributed by atoms with Gasteiger partial charge >= 0.3 is 0 Å². The van der Waals surface area contributed by atoms with Crippen molar-refractivity contribution in [2.45, 2.75) is 33.0 Å². The Kier molecular flexibility index (Phi) is 2.37. The van der Waals surface area contributed by atoms with Crippen LogP contribution < -0.4 is 0 Å². The summed E-state index contributed by atoms with van der Waals surface area (Å²) in [6.07, 6.45) is 2.65. The third kappa shape index (κ3) is 1.38. The fourth-order valence-corrected chi connectivity index (χ4v) is 2.38. The Morgan fingerprint density at radius 1 is 1.25 bits per heavy atom. The summed E-state index contributed by atoms with van der Waals surface area (Å²) in [6, 6.07) is 0. The molecule has 2 fully saturated rings. The Morgan fingerprint density at radius 3 is 2.83 bits per heavy atom. The van der Waals surface area contributed by atoms with Crippen LogP contribution in [0.5, 0.6) is 0 Å². The van der Waals surface area contributed by atoms with Gasteiger partial charge in [0.1, 0.15) is 0 Å². The lowest BCUT2D eigenvalue weighted by Gasteiger charge is -2.28. The van der Waals surface area contributed by atoms with Gasteiger partial charge in [0.05, 0.1) is 6.61 Å². The summed E-state index contributed by atoms with van der Waals surface area (Å²) in [5.41, 5.74) is 0. The van der Waals surface area contributed by atoms with Gasteiger partial charge in [0.25, 0.3) is 0 Å². The van der Waals surface area contributed by atoms with Gasteiger partial charge in [-0.3, -0.25) is 0 Å². The molecule has 0 N–H and O–H groups in total. The Labute approximate surface area is 74.2 Å². The molecule has 2 rings (SSSR count). The normalized spacial score (nSPS) is 41.8. The largest absolute Gasteiger partial charge is 0.352 e. The number of fused-ring (bicyclic) bond motifs is 1. The van der Waals surface area contributed by atoms with Gasteiger partial charge in [-0.2, -0.15) is 0 Å². The van der Waals surface area contributed by atoms with Gasteiger partial charge in [-0.15, -0.1) is 0 Å². The van der Waals surface area contributed by atoms with Gasteiger partial charge in [0, 0.05) is 12.5 Å². The topological polar surface area (TPSA) is 18.5 Å². The molecule has 0 unspecified atom stereocenters. The molecule has 2 heteroatoms. The SMILES string of the molecule is CC(C)[C@@H]1CO[C@H]2OCCC[C@H]21. The molecule has 0 saturated carbocycles. The van der Waals surface area contributed by atoms with E-state index in [1.807, 2.05) is 0 Å². The summed E-state index contributed by atoms with van der Waals surface area (Å²) in [6.45, 7) is 6.37. The van der Waals surface area contributed by atoms with Gasteiger partial charge in [-0.25, -0.2) is 0 Å². The van der Waals surface area contributed by atoms with Crippen molar-refractivity contribution in [2.24, 2.45) is 17.8 Å². The molecule has 70 valence electrons. The summed E-state index contributed by atoms with van der Waals surface area (Å²) in [5, 5.41) is 0. The molecule has 0 spiro atoms. The van der Waals surface area contributed by atoms with E-state index in [9.17, 15) is 0 Å². The summed E-state index contributed by atoms with van der Waals surface area (Å²) in [4.78, 5) is 0. The molecule has 12 heavy (non-hydrogen) atoms. The predicted octanol–water partition coefficient (Wildman–Crippen LogP) is 2.04. The highest BCUT2D eigenvalue weighted by molar-refractivity contribution is 4.83. The Morgan fingerprint density at radius 2 is 2.08 bits per heavy atom. The van der Waals surface area contributed by atoms with Crippen molar-refractivity contribution >= 4 is 0 Å². The Bertz CT molecular complexity index is 156. The second kappa shape index (κ2) is 3.35. The van der Waals surface area contributed by atoms with Crippen molar-refractivity contribution in [1.82, 2.24) is 0 Å². The average molecular weight is 170 g/mol. The minimum absolute atomic E-state index is 0.131. The highest BCUT2D eigenvalue weighted by Crippen LogP contribution is 2.38. The zero-order valence-electron chi connectivity index (χ0n) is 7.95. The molecule has 2 heterocycles. The highest BCUT2D eigenvalue weighted by atomic mass is 16.7. The van der Waals surface area contributed by atoms with Crippen molar-refractivity contribution in [3.63, 3.8) is 0 Å². The number of hydrogen-bond acceptors (Lipinski definition) is 2. The van der Waals surface area contributed by atoms with Crippen LogP contribution in [0, 0.1) is 17.8 Å². The van der Waals surface area contributed by atoms with E-state index in [4.69, 9.17) is 9.47 Å². The fraction of sp³-hybridized carbons (Fsp3) is 1.00. The average Bonchev–Trinajstić information content (AvgIpc) is 2.47. The molecule has 2 saturated heterocycles. The first-order valence-corrected chi connectivity index (χ1v) is 5.02. The van der Waals surface area contributed by atoms with Crippen LogP contribution in [-0.2, 0) is 9.47 Å². The Hall–Kier alpha value is -0.0800. The minimum Gasteiger partial charge on any atom is -0.352 e. The number of ether oxygens (including phenoxy) is 2. The van der Waals surface area contributed by atoms with Crippen molar-refractivity contribution in [3.8, 4) is 0 Å². The molecule has 0 bridgehead atoms.